The lowest BCUT2D eigenvalue weighted by atomic mass is 11.2. The van der Waals surface area contributed by atoms with Gasteiger partial charge in [-0.1, -0.05) is 4.81 Å². The van der Waals surface area contributed by atoms with Gasteiger partial charge in [0, 0.05) is 0 Å². The van der Waals surface area contributed by atoms with Crippen LogP contribution in [0.25, 0.3) is 0 Å². The van der Waals surface area contributed by atoms with Gasteiger partial charge in [-0.05, 0) is 0 Å². The van der Waals surface area contributed by atoms with E-state index in [2.05, 4.69) is 0 Å². The molecule has 0 bridgehead atoms. The molecule has 0 aromatic carbocycles. The number of hydrogen-bond donors (Lipinski definition) is 2. The van der Waals surface area contributed by atoms with Crippen LogP contribution >= 0.6 is 0 Å². The van der Waals surface area contributed by atoms with Crippen LogP contribution in [0.5, 0.6) is 0 Å². The lowest BCUT2D eigenvalue weighted by molar-refractivity contribution is -1.22. The van der Waals surface area contributed by atoms with Gasteiger partial charge in [-0.15, -0.1) is 0 Å². The molecule has 0 aromatic rings. The molecule has 0 fully saturated rings. The van der Waals surface area contributed by atoms with Crippen LogP contribution in [0.15, 0.2) is 0 Å². The third kappa shape index (κ3) is 1450. The van der Waals surface area contributed by atoms with Crippen molar-refractivity contribution in [2.45, 2.75) is 0 Å². The molecule has 0 spiro atoms. The highest BCUT2D eigenvalue weighted by Crippen LogP contribution is 1.71. The molecule has 0 saturated heterocycles. The Balaban J connectivity index is 0. The Morgan fingerprint density at radius 2 is 1.17 bits per heavy atom. The zero-order valence-electron chi connectivity index (χ0n) is 3.72. The molecular weight excluding hydrogens is 105 g/mol. The van der Waals surface area contributed by atoms with Gasteiger partial charge < -0.3 is 12.4 Å². The number of rotatable bonds is 0. The van der Waals surface area contributed by atoms with Crippen molar-refractivity contribution in [3.05, 3.63) is 0 Å². The standard InChI is InChI=1S/C2H8NO2.ClH/c1-3(2,4)5;/h4-5H,1-2H3;1H/q+1;/p-1. The Kier molecular flexibility index (Phi) is 3.73. The maximum atomic E-state index is 8.01. The van der Waals surface area contributed by atoms with Gasteiger partial charge in [0.15, 0.2) is 0 Å². The van der Waals surface area contributed by atoms with Crippen LogP contribution in [0.3, 0.4) is 0 Å². The highest BCUT2D eigenvalue weighted by atomic mass is 35.5. The number of hydroxylamine groups is 4. The van der Waals surface area contributed by atoms with Crippen LogP contribution < -0.4 is 12.4 Å². The van der Waals surface area contributed by atoms with E-state index >= 15 is 0 Å². The molecule has 0 unspecified atom stereocenters. The van der Waals surface area contributed by atoms with Crippen molar-refractivity contribution in [1.82, 2.24) is 0 Å². The van der Waals surface area contributed by atoms with Crippen LogP contribution in [-0.2, 0) is 0 Å². The average Bonchev–Trinajstić information content (AvgIpc) is 0.722. The van der Waals surface area contributed by atoms with E-state index in [1.54, 1.807) is 0 Å². The molecule has 0 rings (SSSR count). The Labute approximate surface area is 42.7 Å². The van der Waals surface area contributed by atoms with Gasteiger partial charge >= 0.3 is 0 Å². The Morgan fingerprint density at radius 3 is 1.17 bits per heavy atom. The molecule has 6 heavy (non-hydrogen) atoms. The summed E-state index contributed by atoms with van der Waals surface area (Å²) >= 11 is 0. The first-order chi connectivity index (χ1) is 2.00. The van der Waals surface area contributed by atoms with Gasteiger partial charge in [-0.3, -0.25) is 0 Å². The quantitative estimate of drug-likeness (QED) is 0.257. The van der Waals surface area contributed by atoms with Gasteiger partial charge in [0.2, 0.25) is 0 Å². The van der Waals surface area contributed by atoms with E-state index in [9.17, 15) is 0 Å². The van der Waals surface area contributed by atoms with E-state index in [4.69, 9.17) is 10.4 Å². The van der Waals surface area contributed by atoms with E-state index in [0.717, 1.165) is 0 Å². The summed E-state index contributed by atoms with van der Waals surface area (Å²) in [5.41, 5.74) is 0. The first kappa shape index (κ1) is 9.48. The van der Waals surface area contributed by atoms with Gasteiger partial charge in [-0.2, -0.15) is 10.4 Å². The normalized spacial score (nSPS) is 10.0. The second-order valence-electron chi connectivity index (χ2n) is 1.34. The topological polar surface area (TPSA) is 40.5 Å². The zero-order chi connectivity index (χ0) is 4.50. The summed E-state index contributed by atoms with van der Waals surface area (Å²) in [6, 6.07) is 0. The van der Waals surface area contributed by atoms with E-state index in [1.807, 2.05) is 0 Å². The molecule has 3 nitrogen and oxygen atoms in total. The second-order valence-corrected chi connectivity index (χ2v) is 1.34. The number of quaternary nitrogens is 1. The zero-order valence-corrected chi connectivity index (χ0v) is 4.48. The van der Waals surface area contributed by atoms with Crippen molar-refractivity contribution in [1.29, 1.82) is 0 Å². The molecule has 40 valence electrons. The van der Waals surface area contributed by atoms with Crippen molar-refractivity contribution in [2.75, 3.05) is 14.1 Å². The summed E-state index contributed by atoms with van der Waals surface area (Å²) in [5, 5.41) is 16.0. The molecule has 0 aromatic heterocycles. The fourth-order valence-corrected chi connectivity index (χ4v) is 0. The van der Waals surface area contributed by atoms with Crippen molar-refractivity contribution in [3.63, 3.8) is 0 Å². The van der Waals surface area contributed by atoms with Crippen molar-refractivity contribution >= 4 is 0 Å². The monoisotopic (exact) mass is 113 g/mol. The second kappa shape index (κ2) is 2.36. The third-order valence-corrected chi connectivity index (χ3v) is 0. The summed E-state index contributed by atoms with van der Waals surface area (Å²) in [6.07, 6.45) is 0. The molecule has 0 aliphatic rings. The largest absolute Gasteiger partial charge is 1.00 e. The van der Waals surface area contributed by atoms with Crippen molar-refractivity contribution < 1.29 is 27.6 Å². The maximum Gasteiger partial charge on any atom is 0.131 e. The third-order valence-electron chi connectivity index (χ3n) is 0. The molecule has 0 amide bonds. The van der Waals surface area contributed by atoms with Crippen LogP contribution in [0.1, 0.15) is 0 Å². The first-order valence-electron chi connectivity index (χ1n) is 1.29. The van der Waals surface area contributed by atoms with Crippen molar-refractivity contribution in [2.24, 2.45) is 0 Å². The fourth-order valence-electron chi connectivity index (χ4n) is 0. The average molecular weight is 114 g/mol. The minimum Gasteiger partial charge on any atom is -1.00 e. The molecule has 0 heterocycles. The molecule has 2 N–H and O–H groups in total. The molecule has 0 radical (unpaired) electrons. The maximum absolute atomic E-state index is 8.01. The summed E-state index contributed by atoms with van der Waals surface area (Å²) in [7, 11) is 2.47. The highest BCUT2D eigenvalue weighted by molar-refractivity contribution is 3.54. The Morgan fingerprint density at radius 1 is 1.17 bits per heavy atom. The molecule has 0 aliphatic carbocycles. The SMILES string of the molecule is C[N+](C)(O)O.[Cl-]. The smallest absolute Gasteiger partial charge is 0.131 e. The van der Waals surface area contributed by atoms with Gasteiger partial charge in [0.1, 0.15) is 14.1 Å². The number of hydrogen-bond acceptors (Lipinski definition) is 2. The predicted molar refractivity (Wildman–Crippen MR) is 15.7 cm³/mol. The van der Waals surface area contributed by atoms with Crippen LogP contribution in [-0.4, -0.2) is 29.3 Å². The molecule has 0 atom stereocenters. The van der Waals surface area contributed by atoms with Gasteiger partial charge in [-0.25, -0.2) is 0 Å². The van der Waals surface area contributed by atoms with E-state index < -0.39 is 4.81 Å². The van der Waals surface area contributed by atoms with Gasteiger partial charge in [0.25, 0.3) is 0 Å². The minimum atomic E-state index is -1.00. The van der Waals surface area contributed by atoms with Gasteiger partial charge in [0.05, 0.1) is 0 Å². The Bertz CT molecular complexity index is 27.0. The molecule has 0 saturated carbocycles. The molecular formula is C2H8ClNO2. The molecule has 0 aliphatic heterocycles. The highest BCUT2D eigenvalue weighted by Gasteiger charge is 1.97. The lowest BCUT2D eigenvalue weighted by Gasteiger charge is -2.04. The van der Waals surface area contributed by atoms with E-state index in [-0.39, 0.29) is 12.4 Å². The summed E-state index contributed by atoms with van der Waals surface area (Å²) in [4.78, 5) is -1.00. The van der Waals surface area contributed by atoms with Crippen molar-refractivity contribution in [3.8, 4) is 0 Å². The number of halogens is 1. The van der Waals surface area contributed by atoms with E-state index in [1.165, 1.54) is 14.1 Å². The minimum absolute atomic E-state index is 0. The van der Waals surface area contributed by atoms with Crippen LogP contribution in [0.4, 0.5) is 0 Å². The number of nitrogens with zero attached hydrogens (tertiary/aromatic N) is 1. The lowest BCUT2D eigenvalue weighted by Crippen LogP contribution is -3.00. The first-order valence-corrected chi connectivity index (χ1v) is 1.29. The van der Waals surface area contributed by atoms with E-state index in [0.29, 0.717) is 0 Å². The fraction of sp³-hybridized carbons (Fsp3) is 1.00. The Hall–Kier alpha value is 0.170. The summed E-state index contributed by atoms with van der Waals surface area (Å²) in [5.74, 6) is 0. The molecule has 4 heteroatoms. The predicted octanol–water partition coefficient (Wildman–Crippen LogP) is -3.15. The van der Waals surface area contributed by atoms with Crippen LogP contribution in [0, 0.1) is 0 Å². The summed E-state index contributed by atoms with van der Waals surface area (Å²) in [6.45, 7) is 0. The van der Waals surface area contributed by atoms with Crippen LogP contribution in [0.2, 0.25) is 0 Å². The summed E-state index contributed by atoms with van der Waals surface area (Å²) < 4.78 is 0.